The predicted octanol–water partition coefficient (Wildman–Crippen LogP) is 3.36. The summed E-state index contributed by atoms with van der Waals surface area (Å²) in [5, 5.41) is -1.61. The summed E-state index contributed by atoms with van der Waals surface area (Å²) in [6.45, 7) is 0. The van der Waals surface area contributed by atoms with Gasteiger partial charge in [-0.1, -0.05) is 0 Å². The molecule has 1 aromatic rings. The molecule has 0 fully saturated rings. The van der Waals surface area contributed by atoms with Crippen LogP contribution in [0.3, 0.4) is 0 Å². The normalized spacial score (nSPS) is 11.6. The monoisotopic (exact) mass is 244 g/mol. The average molecular weight is 245 g/mol. The Morgan fingerprint density at radius 3 is 2.13 bits per heavy atom. The molecule has 0 atom stereocenters. The van der Waals surface area contributed by atoms with Gasteiger partial charge in [-0.05, 0) is 23.7 Å². The van der Waals surface area contributed by atoms with Gasteiger partial charge < -0.3 is 0 Å². The Morgan fingerprint density at radius 2 is 1.73 bits per heavy atom. The molecule has 0 spiro atoms. The fourth-order valence-corrected chi connectivity index (χ4v) is 1.12. The third-order valence-electron chi connectivity index (χ3n) is 1.59. The van der Waals surface area contributed by atoms with Crippen molar-refractivity contribution in [2.45, 2.75) is 6.18 Å². The van der Waals surface area contributed by atoms with Gasteiger partial charge in [-0.2, -0.15) is 13.2 Å². The number of halogens is 6. The molecule has 0 aliphatic rings. The lowest BCUT2D eigenvalue weighted by Gasteiger charge is -2.09. The van der Waals surface area contributed by atoms with E-state index < -0.39 is 34.2 Å². The van der Waals surface area contributed by atoms with E-state index in [1.165, 1.54) is 0 Å². The maximum Gasteiger partial charge on any atom is 0.419 e. The van der Waals surface area contributed by atoms with Crippen molar-refractivity contribution in [2.24, 2.45) is 0 Å². The molecule has 0 aliphatic heterocycles. The number of alkyl halides is 3. The number of benzene rings is 1. The van der Waals surface area contributed by atoms with Crippen LogP contribution in [0.25, 0.3) is 0 Å². The molecule has 0 saturated carbocycles. The van der Waals surface area contributed by atoms with E-state index >= 15 is 0 Å². The van der Waals surface area contributed by atoms with Gasteiger partial charge in [0.25, 0.3) is 5.24 Å². The van der Waals surface area contributed by atoms with Gasteiger partial charge in [-0.25, -0.2) is 8.78 Å². The van der Waals surface area contributed by atoms with Crippen LogP contribution in [-0.4, -0.2) is 5.24 Å². The van der Waals surface area contributed by atoms with Gasteiger partial charge in [0.05, 0.1) is 5.56 Å². The molecule has 1 rings (SSSR count). The Hall–Kier alpha value is -1.17. The largest absolute Gasteiger partial charge is 0.419 e. The molecule has 7 heteroatoms. The third kappa shape index (κ3) is 2.26. The van der Waals surface area contributed by atoms with E-state index in [-0.39, 0.29) is 6.07 Å². The first-order chi connectivity index (χ1) is 6.75. The van der Waals surface area contributed by atoms with Crippen molar-refractivity contribution in [1.29, 1.82) is 0 Å². The van der Waals surface area contributed by atoms with Crippen LogP contribution in [0.2, 0.25) is 0 Å². The van der Waals surface area contributed by atoms with E-state index in [2.05, 4.69) is 0 Å². The zero-order valence-corrected chi connectivity index (χ0v) is 7.59. The molecule has 0 aliphatic carbocycles. The van der Waals surface area contributed by atoms with E-state index in [0.717, 1.165) is 0 Å². The number of rotatable bonds is 1. The topological polar surface area (TPSA) is 17.1 Å². The van der Waals surface area contributed by atoms with Crippen molar-refractivity contribution in [3.63, 3.8) is 0 Å². The highest BCUT2D eigenvalue weighted by Gasteiger charge is 2.36. The van der Waals surface area contributed by atoms with Crippen molar-refractivity contribution < 1.29 is 26.7 Å². The Kier molecular flexibility index (Phi) is 2.99. The standard InChI is InChI=1S/C8H2ClF5O/c9-7(15)5-4(10)2-1-3(6(5)11)8(12,13)14/h1-2H. The van der Waals surface area contributed by atoms with Crippen molar-refractivity contribution in [2.75, 3.05) is 0 Å². The van der Waals surface area contributed by atoms with Crippen molar-refractivity contribution in [3.05, 3.63) is 34.9 Å². The predicted molar refractivity (Wildman–Crippen MR) is 41.5 cm³/mol. The summed E-state index contributed by atoms with van der Waals surface area (Å²) in [4.78, 5) is 10.5. The minimum Gasteiger partial charge on any atom is -0.275 e. The molecule has 82 valence electrons. The van der Waals surface area contributed by atoms with Gasteiger partial charge in [0.1, 0.15) is 11.4 Å². The van der Waals surface area contributed by atoms with Gasteiger partial charge >= 0.3 is 6.18 Å². The molecule has 1 nitrogen and oxygen atoms in total. The van der Waals surface area contributed by atoms with E-state index in [4.69, 9.17) is 11.6 Å². The smallest absolute Gasteiger partial charge is 0.275 e. The van der Waals surface area contributed by atoms with Crippen LogP contribution in [-0.2, 0) is 6.18 Å². The van der Waals surface area contributed by atoms with Crippen molar-refractivity contribution in [3.8, 4) is 0 Å². The van der Waals surface area contributed by atoms with Crippen LogP contribution in [0.15, 0.2) is 12.1 Å². The number of hydrogen-bond acceptors (Lipinski definition) is 1. The first-order valence-corrected chi connectivity index (χ1v) is 3.88. The highest BCUT2D eigenvalue weighted by Crippen LogP contribution is 2.33. The summed E-state index contributed by atoms with van der Waals surface area (Å²) in [5.74, 6) is -3.43. The lowest BCUT2D eigenvalue weighted by molar-refractivity contribution is -0.140. The summed E-state index contributed by atoms with van der Waals surface area (Å²) >= 11 is 4.75. The SMILES string of the molecule is O=C(Cl)c1c(F)ccc(C(F)(F)F)c1F. The zero-order valence-electron chi connectivity index (χ0n) is 6.83. The van der Waals surface area contributed by atoms with Crippen molar-refractivity contribution >= 4 is 16.8 Å². The summed E-state index contributed by atoms with van der Waals surface area (Å²) in [6, 6.07) is 0.537. The molecule has 0 heterocycles. The van der Waals surface area contributed by atoms with Crippen LogP contribution in [0, 0.1) is 11.6 Å². The number of hydrogen-bond donors (Lipinski definition) is 0. The summed E-state index contributed by atoms with van der Waals surface area (Å²) in [6.07, 6.45) is -5.00. The average Bonchev–Trinajstić information content (AvgIpc) is 2.00. The minimum absolute atomic E-state index is 0.202. The van der Waals surface area contributed by atoms with Gasteiger partial charge in [0.2, 0.25) is 0 Å². The fourth-order valence-electron chi connectivity index (χ4n) is 0.952. The molecule has 0 aromatic heterocycles. The number of carbonyl (C=O) groups is 1. The van der Waals surface area contributed by atoms with Crippen LogP contribution in [0.4, 0.5) is 22.0 Å². The molecule has 1 aromatic carbocycles. The molecule has 15 heavy (non-hydrogen) atoms. The minimum atomic E-state index is -5.00. The molecule has 0 amide bonds. The molecule has 0 radical (unpaired) electrons. The van der Waals surface area contributed by atoms with E-state index in [1.54, 1.807) is 0 Å². The Labute approximate surface area is 85.5 Å². The van der Waals surface area contributed by atoms with E-state index in [1.807, 2.05) is 0 Å². The number of carbonyl (C=O) groups excluding carboxylic acids is 1. The lowest BCUT2D eigenvalue weighted by atomic mass is 10.1. The summed E-state index contributed by atoms with van der Waals surface area (Å²) < 4.78 is 62.1. The van der Waals surface area contributed by atoms with Crippen LogP contribution < -0.4 is 0 Å². The first kappa shape index (κ1) is 11.9. The highest BCUT2D eigenvalue weighted by molar-refractivity contribution is 6.67. The maximum atomic E-state index is 13.0. The second-order valence-corrected chi connectivity index (χ2v) is 2.90. The van der Waals surface area contributed by atoms with Gasteiger partial charge in [-0.15, -0.1) is 0 Å². The van der Waals surface area contributed by atoms with Crippen LogP contribution >= 0.6 is 11.6 Å². The van der Waals surface area contributed by atoms with Gasteiger partial charge in [0, 0.05) is 0 Å². The quantitative estimate of drug-likeness (QED) is 0.547. The van der Waals surface area contributed by atoms with Crippen LogP contribution in [0.5, 0.6) is 0 Å². The Morgan fingerprint density at radius 1 is 1.20 bits per heavy atom. The molecular weight excluding hydrogens is 243 g/mol. The second kappa shape index (κ2) is 3.77. The third-order valence-corrected chi connectivity index (χ3v) is 1.78. The second-order valence-electron chi connectivity index (χ2n) is 2.56. The molecule has 0 unspecified atom stereocenters. The molecule has 0 saturated heterocycles. The maximum absolute atomic E-state index is 13.0. The highest BCUT2D eigenvalue weighted by atomic mass is 35.5. The van der Waals surface area contributed by atoms with Gasteiger partial charge in [0.15, 0.2) is 5.82 Å². The fraction of sp³-hybridized carbons (Fsp3) is 0.125. The molecule has 0 N–H and O–H groups in total. The van der Waals surface area contributed by atoms with E-state index in [0.29, 0.717) is 6.07 Å². The zero-order chi connectivity index (χ0) is 11.8. The lowest BCUT2D eigenvalue weighted by Crippen LogP contribution is -2.12. The molecule has 0 bridgehead atoms. The molecular formula is C8H2ClF5O. The Balaban J connectivity index is 3.49. The van der Waals surface area contributed by atoms with Crippen LogP contribution in [0.1, 0.15) is 15.9 Å². The van der Waals surface area contributed by atoms with Crippen molar-refractivity contribution in [1.82, 2.24) is 0 Å². The summed E-state index contributed by atoms with van der Waals surface area (Å²) in [5.41, 5.74) is -3.13. The first-order valence-electron chi connectivity index (χ1n) is 3.50. The van der Waals surface area contributed by atoms with Gasteiger partial charge in [-0.3, -0.25) is 4.79 Å². The Bertz CT molecular complexity index is 412. The van der Waals surface area contributed by atoms with E-state index in [9.17, 15) is 26.7 Å². The summed E-state index contributed by atoms with van der Waals surface area (Å²) in [7, 11) is 0.